The van der Waals surface area contributed by atoms with Gasteiger partial charge in [-0.05, 0) is 23.0 Å². The standard InChI is InChI=1S/C26H30Cl2N6/c1-13(2)19(29)25-31-21(23(27)33-25)17-9-5-15(6-10-17)16-7-11-18(12-8-16)22-24(28)34-26(32-22)20(30)14(3)4/h5-14,19-20H,29-30H2,1-4H3,(H,31,33)(H,32,34). The number of H-pyrrole nitrogens is 2. The van der Waals surface area contributed by atoms with Crippen molar-refractivity contribution in [1.29, 1.82) is 0 Å². The molecule has 6 nitrogen and oxygen atoms in total. The molecule has 4 rings (SSSR count). The Bertz CT molecular complexity index is 1160. The largest absolute Gasteiger partial charge is 0.331 e. The number of hydrogen-bond acceptors (Lipinski definition) is 4. The number of halogens is 2. The number of aromatic amines is 2. The molecule has 2 aromatic heterocycles. The van der Waals surface area contributed by atoms with Gasteiger partial charge in [-0.3, -0.25) is 0 Å². The number of rotatable bonds is 7. The third-order valence-corrected chi connectivity index (χ3v) is 6.62. The Hall–Kier alpha value is -2.64. The minimum absolute atomic E-state index is 0.191. The van der Waals surface area contributed by atoms with Crippen LogP contribution in [0, 0.1) is 11.8 Å². The highest BCUT2D eigenvalue weighted by atomic mass is 35.5. The molecule has 0 amide bonds. The fraction of sp³-hybridized carbons (Fsp3) is 0.308. The molecule has 0 radical (unpaired) electrons. The van der Waals surface area contributed by atoms with Gasteiger partial charge in [-0.2, -0.15) is 0 Å². The molecule has 8 heteroatoms. The summed E-state index contributed by atoms with van der Waals surface area (Å²) >= 11 is 12.8. The highest BCUT2D eigenvalue weighted by Gasteiger charge is 2.19. The molecule has 6 N–H and O–H groups in total. The number of benzene rings is 2. The van der Waals surface area contributed by atoms with Gasteiger partial charge in [-0.25, -0.2) is 9.97 Å². The minimum Gasteiger partial charge on any atom is -0.331 e. The SMILES string of the molecule is CC(C)C(N)c1nc(-c2ccc(-c3ccc(-c4nc(C(N)C(C)C)[nH]c4Cl)cc3)cc2)c(Cl)[nH]1. The fourth-order valence-corrected chi connectivity index (χ4v) is 4.21. The van der Waals surface area contributed by atoms with Gasteiger partial charge >= 0.3 is 0 Å². The fourth-order valence-electron chi connectivity index (χ4n) is 3.71. The zero-order valence-electron chi connectivity index (χ0n) is 19.7. The number of nitrogens with one attached hydrogen (secondary N) is 2. The molecular weight excluding hydrogens is 467 g/mol. The summed E-state index contributed by atoms with van der Waals surface area (Å²) in [6.07, 6.45) is 0. The van der Waals surface area contributed by atoms with Crippen LogP contribution in [0.2, 0.25) is 10.3 Å². The predicted octanol–water partition coefficient (Wildman–Crippen LogP) is 6.75. The summed E-state index contributed by atoms with van der Waals surface area (Å²) in [6.45, 7) is 8.22. The van der Waals surface area contributed by atoms with Gasteiger partial charge in [0.1, 0.15) is 33.3 Å². The van der Waals surface area contributed by atoms with E-state index < -0.39 is 0 Å². The van der Waals surface area contributed by atoms with E-state index in [1.54, 1.807) is 0 Å². The summed E-state index contributed by atoms with van der Waals surface area (Å²) in [5.74, 6) is 1.92. The van der Waals surface area contributed by atoms with Gasteiger partial charge in [-0.15, -0.1) is 0 Å². The Kier molecular flexibility index (Phi) is 7.14. The molecule has 2 aromatic carbocycles. The molecule has 2 heterocycles. The summed E-state index contributed by atoms with van der Waals surface area (Å²) in [7, 11) is 0. The number of nitrogens with zero attached hydrogens (tertiary/aromatic N) is 2. The molecular formula is C26H30Cl2N6. The topological polar surface area (TPSA) is 109 Å². The molecule has 2 unspecified atom stereocenters. The van der Waals surface area contributed by atoms with E-state index in [9.17, 15) is 0 Å². The second-order valence-electron chi connectivity index (χ2n) is 9.26. The van der Waals surface area contributed by atoms with Crippen molar-refractivity contribution in [2.45, 2.75) is 39.8 Å². The number of imidazole rings is 2. The molecule has 0 saturated heterocycles. The Morgan fingerprint density at radius 1 is 0.588 bits per heavy atom. The van der Waals surface area contributed by atoms with Crippen LogP contribution in [0.25, 0.3) is 33.6 Å². The van der Waals surface area contributed by atoms with Crippen LogP contribution >= 0.6 is 23.2 Å². The monoisotopic (exact) mass is 496 g/mol. The van der Waals surface area contributed by atoms with Gasteiger partial charge < -0.3 is 21.4 Å². The highest BCUT2D eigenvalue weighted by Crippen LogP contribution is 2.33. The molecule has 178 valence electrons. The number of aromatic nitrogens is 4. The van der Waals surface area contributed by atoms with Crippen molar-refractivity contribution in [3.8, 4) is 33.6 Å². The summed E-state index contributed by atoms with van der Waals surface area (Å²) in [4.78, 5) is 15.5. The van der Waals surface area contributed by atoms with E-state index in [0.717, 1.165) is 22.3 Å². The van der Waals surface area contributed by atoms with Crippen molar-refractivity contribution in [3.05, 3.63) is 70.5 Å². The number of nitrogens with two attached hydrogens (primary N) is 2. The van der Waals surface area contributed by atoms with Crippen molar-refractivity contribution in [2.24, 2.45) is 23.3 Å². The van der Waals surface area contributed by atoms with Crippen LogP contribution in [-0.2, 0) is 0 Å². The van der Waals surface area contributed by atoms with Gasteiger partial charge in [0.05, 0.1) is 12.1 Å². The Balaban J connectivity index is 1.55. The van der Waals surface area contributed by atoms with Gasteiger partial charge in [0, 0.05) is 11.1 Å². The Morgan fingerprint density at radius 2 is 0.882 bits per heavy atom. The van der Waals surface area contributed by atoms with Gasteiger partial charge in [0.2, 0.25) is 0 Å². The van der Waals surface area contributed by atoms with E-state index in [2.05, 4.69) is 71.9 Å². The molecule has 0 saturated carbocycles. The van der Waals surface area contributed by atoms with Crippen LogP contribution in [-0.4, -0.2) is 19.9 Å². The first-order chi connectivity index (χ1) is 16.2. The summed E-state index contributed by atoms with van der Waals surface area (Å²) in [5, 5.41) is 0.992. The van der Waals surface area contributed by atoms with E-state index in [-0.39, 0.29) is 23.9 Å². The van der Waals surface area contributed by atoms with E-state index in [0.29, 0.717) is 33.3 Å². The zero-order valence-corrected chi connectivity index (χ0v) is 21.2. The highest BCUT2D eigenvalue weighted by molar-refractivity contribution is 6.32. The van der Waals surface area contributed by atoms with E-state index >= 15 is 0 Å². The van der Waals surface area contributed by atoms with Crippen molar-refractivity contribution in [3.63, 3.8) is 0 Å². The normalized spacial score (nSPS) is 13.6. The predicted molar refractivity (Wildman–Crippen MR) is 141 cm³/mol. The van der Waals surface area contributed by atoms with Gasteiger partial charge in [0.15, 0.2) is 0 Å². The third kappa shape index (κ3) is 4.91. The average Bonchev–Trinajstić information content (AvgIpc) is 3.40. The molecule has 0 aliphatic heterocycles. The Morgan fingerprint density at radius 3 is 1.18 bits per heavy atom. The van der Waals surface area contributed by atoms with Crippen LogP contribution < -0.4 is 11.5 Å². The summed E-state index contributed by atoms with van der Waals surface area (Å²) in [5.41, 5.74) is 17.9. The lowest BCUT2D eigenvalue weighted by Crippen LogP contribution is -2.18. The second kappa shape index (κ2) is 9.92. The van der Waals surface area contributed by atoms with Crippen molar-refractivity contribution >= 4 is 23.2 Å². The smallest absolute Gasteiger partial charge is 0.134 e. The maximum atomic E-state index is 6.41. The first kappa shape index (κ1) is 24.5. The molecule has 0 aliphatic rings. The zero-order chi connectivity index (χ0) is 24.6. The Labute approximate surface area is 210 Å². The van der Waals surface area contributed by atoms with Gasteiger partial charge in [-0.1, -0.05) is 99.4 Å². The lowest BCUT2D eigenvalue weighted by molar-refractivity contribution is 0.494. The number of hydrogen-bond donors (Lipinski definition) is 4. The molecule has 0 fully saturated rings. The first-order valence-electron chi connectivity index (χ1n) is 11.4. The minimum atomic E-state index is -0.191. The summed E-state index contributed by atoms with van der Waals surface area (Å²) < 4.78 is 0. The van der Waals surface area contributed by atoms with Crippen LogP contribution in [0.4, 0.5) is 0 Å². The van der Waals surface area contributed by atoms with Crippen LogP contribution in [0.1, 0.15) is 51.4 Å². The van der Waals surface area contributed by atoms with Crippen molar-refractivity contribution in [1.82, 2.24) is 19.9 Å². The first-order valence-corrected chi connectivity index (χ1v) is 12.1. The molecule has 34 heavy (non-hydrogen) atoms. The van der Waals surface area contributed by atoms with E-state index in [1.165, 1.54) is 0 Å². The third-order valence-electron chi connectivity index (χ3n) is 6.07. The molecule has 0 bridgehead atoms. The molecule has 4 aromatic rings. The summed E-state index contributed by atoms with van der Waals surface area (Å²) in [6, 6.07) is 15.9. The van der Waals surface area contributed by atoms with Crippen molar-refractivity contribution < 1.29 is 0 Å². The van der Waals surface area contributed by atoms with Gasteiger partial charge in [0.25, 0.3) is 0 Å². The quantitative estimate of drug-likeness (QED) is 0.226. The molecule has 2 atom stereocenters. The second-order valence-corrected chi connectivity index (χ2v) is 10.0. The van der Waals surface area contributed by atoms with Crippen molar-refractivity contribution in [2.75, 3.05) is 0 Å². The lowest BCUT2D eigenvalue weighted by Gasteiger charge is -2.11. The van der Waals surface area contributed by atoms with Crippen LogP contribution in [0.5, 0.6) is 0 Å². The van der Waals surface area contributed by atoms with E-state index in [1.807, 2.05) is 24.3 Å². The maximum Gasteiger partial charge on any atom is 0.134 e. The lowest BCUT2D eigenvalue weighted by atomic mass is 10.0. The average molecular weight is 497 g/mol. The van der Waals surface area contributed by atoms with Crippen LogP contribution in [0.3, 0.4) is 0 Å². The molecule has 0 aliphatic carbocycles. The van der Waals surface area contributed by atoms with Crippen LogP contribution in [0.15, 0.2) is 48.5 Å². The molecule has 0 spiro atoms. The maximum absolute atomic E-state index is 6.41. The van der Waals surface area contributed by atoms with E-state index in [4.69, 9.17) is 34.7 Å².